The predicted molar refractivity (Wildman–Crippen MR) is 251 cm³/mol. The molecule has 19 heteroatoms. The van der Waals surface area contributed by atoms with E-state index in [0.29, 0.717) is 36.9 Å². The number of nitrogens with zero attached hydrogens (tertiary/aromatic N) is 5. The molecule has 4 amide bonds. The minimum Gasteiger partial charge on any atom is -0.508 e. The number of cyclic esters (lactones) is 1. The average Bonchev–Trinajstić information content (AvgIpc) is 4.07. The maximum Gasteiger partial charge on any atom is 0.405 e. The lowest BCUT2D eigenvalue weighted by molar-refractivity contribution is -0.155. The Morgan fingerprint density at radius 2 is 1.81 bits per heavy atom. The van der Waals surface area contributed by atoms with E-state index >= 15 is 0 Å². The van der Waals surface area contributed by atoms with Gasteiger partial charge in [0, 0.05) is 68.8 Å². The summed E-state index contributed by atoms with van der Waals surface area (Å²) in [5, 5.41) is 18.5. The average molecular weight is 961 g/mol. The van der Waals surface area contributed by atoms with Crippen LogP contribution in [-0.4, -0.2) is 136 Å². The third-order valence-electron chi connectivity index (χ3n) is 13.3. The number of amides is 4. The summed E-state index contributed by atoms with van der Waals surface area (Å²) in [5.74, 6) is -4.09. The van der Waals surface area contributed by atoms with Gasteiger partial charge in [-0.25, -0.2) is 5.43 Å². The van der Waals surface area contributed by atoms with Gasteiger partial charge in [-0.05, 0) is 97.7 Å². The Bertz CT molecular complexity index is 2620. The summed E-state index contributed by atoms with van der Waals surface area (Å²) < 4.78 is 53.7. The van der Waals surface area contributed by atoms with Gasteiger partial charge in [0.1, 0.15) is 36.0 Å². The van der Waals surface area contributed by atoms with E-state index in [1.54, 1.807) is 33.2 Å². The van der Waals surface area contributed by atoms with E-state index in [0.717, 1.165) is 48.8 Å². The van der Waals surface area contributed by atoms with Gasteiger partial charge < -0.3 is 34.3 Å². The molecule has 4 aromatic rings. The lowest BCUT2D eigenvalue weighted by Crippen LogP contribution is -2.62. The van der Waals surface area contributed by atoms with Crippen LogP contribution >= 0.6 is 0 Å². The molecule has 7 rings (SSSR count). The zero-order valence-electron chi connectivity index (χ0n) is 40.6. The Morgan fingerprint density at radius 3 is 2.48 bits per heavy atom. The normalized spacial score (nSPS) is 21.6. The maximum absolute atomic E-state index is 14.7. The Kier molecular flexibility index (Phi) is 14.8. The molecule has 16 nitrogen and oxygen atoms in total. The molecule has 0 saturated carbocycles. The molecule has 0 spiro atoms. The van der Waals surface area contributed by atoms with Crippen LogP contribution in [0.4, 0.5) is 13.2 Å². The first kappa shape index (κ1) is 50.8. The number of nitrogens with one attached hydrogen (secondary N) is 3. The fourth-order valence-electron chi connectivity index (χ4n) is 9.67. The SMILES string of the molecule is CCn1c(-c2cccnc2[C@H](C)OC)c2c3cc(ccc31)-c1cc(O)cc(c1)C[C@H](NC(=O)[C@H](C(C)C)N(C)C(=O)CN(C)C(=O)[C@@H]1N[C@@H]1C(F)(F)F)C(=O)N1CCC[C@H](N1)C(=O)OCC(C)(C)C2. The molecule has 2 aromatic carbocycles. The zero-order chi connectivity index (χ0) is 50.3. The van der Waals surface area contributed by atoms with Crippen LogP contribution in [0.5, 0.6) is 5.75 Å². The van der Waals surface area contributed by atoms with Crippen molar-refractivity contribution in [3.63, 3.8) is 0 Å². The number of phenolic OH excluding ortho intramolecular Hbond substituents is 1. The van der Waals surface area contributed by atoms with E-state index < -0.39 is 83.9 Å². The number of likely N-dealkylation sites (N-methyl/N-ethyl adjacent to an activating group) is 2. The predicted octanol–water partition coefficient (Wildman–Crippen LogP) is 5.30. The van der Waals surface area contributed by atoms with Crippen molar-refractivity contribution in [2.75, 3.05) is 40.9 Å². The first-order valence-corrected chi connectivity index (χ1v) is 23.4. The number of hydrazine groups is 1. The highest BCUT2D eigenvalue weighted by atomic mass is 19.4. The lowest BCUT2D eigenvalue weighted by atomic mass is 9.84. The van der Waals surface area contributed by atoms with Crippen LogP contribution in [-0.2, 0) is 52.8 Å². The number of halogens is 3. The van der Waals surface area contributed by atoms with E-state index in [2.05, 4.69) is 33.6 Å². The van der Waals surface area contributed by atoms with Crippen LogP contribution in [0.3, 0.4) is 0 Å². The van der Waals surface area contributed by atoms with Crippen molar-refractivity contribution in [3.05, 3.63) is 71.5 Å². The van der Waals surface area contributed by atoms with E-state index in [4.69, 9.17) is 14.5 Å². The number of rotatable bonds is 11. The van der Waals surface area contributed by atoms with Crippen molar-refractivity contribution in [1.29, 1.82) is 0 Å². The van der Waals surface area contributed by atoms with E-state index in [9.17, 15) is 42.3 Å². The molecule has 2 aromatic heterocycles. The standard InChI is InChI=1S/C50H63F3N8O8/c1-10-60-38-16-15-30-23-34(38)35(43(60)33-13-11-17-54-40(33)28(4)68-9)24-49(5,6)26-69-48(67)36-14-12-18-61(57-36)46(65)37(21-29-19-31(30)22-32(62)20-29)55-45(64)42(27(2)3)59(8)39(63)25-58(7)47(66)41-44(56-41)50(51,52)53/h11,13,15-17,19-20,22-23,27-28,36-37,41-42,44,56-57,62H,10,12,14,18,21,24-26H2,1-9H3,(H,55,64)/t28-,36-,37-,41+,42-,44-/m0/s1. The number of phenols is 1. The monoisotopic (exact) mass is 960 g/mol. The molecule has 3 aliphatic heterocycles. The van der Waals surface area contributed by atoms with Crippen molar-refractivity contribution in [1.82, 2.24) is 40.4 Å². The largest absolute Gasteiger partial charge is 0.508 e. The second-order valence-electron chi connectivity index (χ2n) is 19.6. The Labute approximate surface area is 399 Å². The number of carbonyl (C=O) groups excluding carboxylic acids is 5. The highest BCUT2D eigenvalue weighted by molar-refractivity contribution is 5.96. The van der Waals surface area contributed by atoms with Gasteiger partial charge >= 0.3 is 12.1 Å². The third kappa shape index (κ3) is 10.9. The number of hydrogen-bond donors (Lipinski definition) is 4. The summed E-state index contributed by atoms with van der Waals surface area (Å²) in [4.78, 5) is 76.2. The molecule has 5 heterocycles. The van der Waals surface area contributed by atoms with Gasteiger partial charge in [0.2, 0.25) is 17.7 Å². The number of alkyl halides is 3. The van der Waals surface area contributed by atoms with Crippen molar-refractivity contribution in [2.45, 2.75) is 116 Å². The highest BCUT2D eigenvalue weighted by Gasteiger charge is 2.59. The number of esters is 1. The summed E-state index contributed by atoms with van der Waals surface area (Å²) in [6.07, 6.45) is -2.01. The number of hydrogen-bond acceptors (Lipinski definition) is 11. The molecule has 0 radical (unpaired) electrons. The Balaban J connectivity index is 1.27. The molecule has 69 heavy (non-hydrogen) atoms. The smallest absolute Gasteiger partial charge is 0.405 e. The lowest BCUT2D eigenvalue weighted by Gasteiger charge is -2.37. The van der Waals surface area contributed by atoms with E-state index in [-0.39, 0.29) is 31.4 Å². The maximum atomic E-state index is 14.7. The summed E-state index contributed by atoms with van der Waals surface area (Å²) in [6, 6.07) is 8.13. The fourth-order valence-corrected chi connectivity index (χ4v) is 9.67. The fraction of sp³-hybridized carbons (Fsp3) is 0.520. The van der Waals surface area contributed by atoms with Crippen LogP contribution in [0.15, 0.2) is 54.7 Å². The molecule has 6 bridgehead atoms. The third-order valence-corrected chi connectivity index (χ3v) is 13.3. The van der Waals surface area contributed by atoms with Gasteiger partial charge in [0.25, 0.3) is 5.91 Å². The van der Waals surface area contributed by atoms with Gasteiger partial charge in [0.15, 0.2) is 0 Å². The molecular formula is C50H63F3N8O8. The Morgan fingerprint density at radius 1 is 1.07 bits per heavy atom. The number of pyridine rings is 1. The molecule has 0 unspecified atom stereocenters. The van der Waals surface area contributed by atoms with Crippen LogP contribution in [0, 0.1) is 11.3 Å². The number of aryl methyl sites for hydroxylation is 1. The van der Waals surface area contributed by atoms with Crippen LogP contribution in [0.25, 0.3) is 33.3 Å². The number of aromatic hydroxyl groups is 1. The molecule has 3 aliphatic rings. The number of fused-ring (bicyclic) bond motifs is 6. The molecule has 4 N–H and O–H groups in total. The van der Waals surface area contributed by atoms with Crippen molar-refractivity contribution >= 4 is 40.5 Å². The van der Waals surface area contributed by atoms with Gasteiger partial charge in [-0.1, -0.05) is 39.8 Å². The molecule has 2 saturated heterocycles. The van der Waals surface area contributed by atoms with Gasteiger partial charge in [-0.15, -0.1) is 0 Å². The van der Waals surface area contributed by atoms with Gasteiger partial charge in [-0.2, -0.15) is 13.2 Å². The zero-order valence-corrected chi connectivity index (χ0v) is 40.6. The first-order valence-electron chi connectivity index (χ1n) is 23.4. The van der Waals surface area contributed by atoms with Crippen molar-refractivity contribution in [2.24, 2.45) is 11.3 Å². The summed E-state index contributed by atoms with van der Waals surface area (Å²) in [7, 11) is 4.21. The highest BCUT2D eigenvalue weighted by Crippen LogP contribution is 2.42. The number of ether oxygens (including phenoxy) is 2. The number of aromatic nitrogens is 2. The van der Waals surface area contributed by atoms with Crippen molar-refractivity contribution in [3.8, 4) is 28.1 Å². The summed E-state index contributed by atoms with van der Waals surface area (Å²) >= 11 is 0. The van der Waals surface area contributed by atoms with Gasteiger partial charge in [0.05, 0.1) is 30.6 Å². The molecule has 2 fully saturated rings. The number of methoxy groups -OCH3 is 1. The summed E-state index contributed by atoms with van der Waals surface area (Å²) in [5.41, 5.74) is 8.99. The second kappa shape index (κ2) is 20.1. The number of benzene rings is 2. The quantitative estimate of drug-likeness (QED) is 0.113. The topological polar surface area (TPSA) is 198 Å². The minimum absolute atomic E-state index is 0.0528. The summed E-state index contributed by atoms with van der Waals surface area (Å²) in [6.45, 7) is 11.8. The van der Waals surface area contributed by atoms with Crippen LogP contribution in [0.1, 0.15) is 77.3 Å². The first-order chi connectivity index (χ1) is 32.5. The van der Waals surface area contributed by atoms with Gasteiger partial charge in [-0.3, -0.25) is 39.3 Å². The van der Waals surface area contributed by atoms with E-state index in [1.165, 1.54) is 25.2 Å². The van der Waals surface area contributed by atoms with Crippen molar-refractivity contribution < 1.29 is 51.7 Å². The minimum atomic E-state index is -4.63. The molecule has 6 atom stereocenters. The van der Waals surface area contributed by atoms with Crippen LogP contribution in [0.2, 0.25) is 0 Å². The second-order valence-corrected chi connectivity index (χ2v) is 19.6. The molecule has 372 valence electrons. The van der Waals surface area contributed by atoms with E-state index in [1.807, 2.05) is 51.1 Å². The van der Waals surface area contributed by atoms with Crippen LogP contribution < -0.4 is 16.1 Å². The number of carbonyl (C=O) groups is 5. The molecular weight excluding hydrogens is 898 g/mol. The molecule has 0 aliphatic carbocycles. The Hall–Kier alpha value is -6.05.